The second kappa shape index (κ2) is 7.71. The first-order valence-corrected chi connectivity index (χ1v) is 7.37. The number of benzene rings is 2. The molecule has 0 heterocycles. The molecule has 0 N–H and O–H groups in total. The van der Waals surface area contributed by atoms with Gasteiger partial charge < -0.3 is 18.9 Å². The Bertz CT molecular complexity index is 624. The van der Waals surface area contributed by atoms with Gasteiger partial charge in [0.2, 0.25) is 6.29 Å². The van der Waals surface area contributed by atoms with Crippen molar-refractivity contribution in [2.75, 3.05) is 6.61 Å². The number of ether oxygens (including phenoxy) is 4. The van der Waals surface area contributed by atoms with Crippen LogP contribution in [0, 0.1) is 0 Å². The van der Waals surface area contributed by atoms with Crippen LogP contribution in [0.25, 0.3) is 10.8 Å². The van der Waals surface area contributed by atoms with E-state index in [1.54, 1.807) is 0 Å². The molecule has 0 saturated heterocycles. The van der Waals surface area contributed by atoms with Gasteiger partial charge in [-0.3, -0.25) is 0 Å². The second-order valence-corrected chi connectivity index (χ2v) is 4.80. The molecule has 0 bridgehead atoms. The summed E-state index contributed by atoms with van der Waals surface area (Å²) in [6.45, 7) is 9.78. The molecule has 2 rings (SSSR count). The predicted molar refractivity (Wildman–Crippen MR) is 87.0 cm³/mol. The molecular weight excluding hydrogens is 280 g/mol. The Kier molecular flexibility index (Phi) is 5.67. The molecule has 22 heavy (non-hydrogen) atoms. The molecule has 0 spiro atoms. The zero-order valence-electron chi connectivity index (χ0n) is 13.2. The quantitative estimate of drug-likeness (QED) is 0.532. The van der Waals surface area contributed by atoms with Crippen LogP contribution in [-0.4, -0.2) is 19.2 Å². The first kappa shape index (κ1) is 16.2. The molecule has 0 aliphatic carbocycles. The molecule has 2 aromatic carbocycles. The zero-order valence-corrected chi connectivity index (χ0v) is 13.2. The van der Waals surface area contributed by atoms with Gasteiger partial charge in [0.15, 0.2) is 6.29 Å². The van der Waals surface area contributed by atoms with Crippen LogP contribution >= 0.6 is 0 Å². The number of hydrogen-bond donors (Lipinski definition) is 0. The Morgan fingerprint density at radius 2 is 1.50 bits per heavy atom. The molecule has 4 nitrogen and oxygen atoms in total. The molecule has 2 unspecified atom stereocenters. The van der Waals surface area contributed by atoms with Crippen molar-refractivity contribution in [2.24, 2.45) is 0 Å². The maximum absolute atomic E-state index is 5.71. The molecule has 4 heteroatoms. The minimum atomic E-state index is -0.371. The Morgan fingerprint density at radius 1 is 0.955 bits per heavy atom. The van der Waals surface area contributed by atoms with E-state index in [9.17, 15) is 0 Å². The lowest BCUT2D eigenvalue weighted by molar-refractivity contribution is -0.0612. The summed E-state index contributed by atoms with van der Waals surface area (Å²) in [5.74, 6) is 1.53. The fraction of sp³-hybridized carbons (Fsp3) is 0.333. The largest absolute Gasteiger partial charge is 0.465 e. The van der Waals surface area contributed by atoms with E-state index < -0.39 is 0 Å². The van der Waals surface area contributed by atoms with Crippen molar-refractivity contribution in [2.45, 2.75) is 33.4 Å². The molecule has 118 valence electrons. The first-order valence-electron chi connectivity index (χ1n) is 7.37. The molecule has 2 atom stereocenters. The molecule has 0 aromatic heterocycles. The monoisotopic (exact) mass is 302 g/mol. The summed E-state index contributed by atoms with van der Waals surface area (Å²) in [6.07, 6.45) is 0.737. The van der Waals surface area contributed by atoms with Crippen LogP contribution in [0.2, 0.25) is 0 Å². The third-order valence-electron chi connectivity index (χ3n) is 3.08. The molecule has 0 fully saturated rings. The minimum Gasteiger partial charge on any atom is -0.465 e. The maximum Gasteiger partial charge on any atom is 0.237 e. The Labute approximate surface area is 131 Å². The standard InChI is InChI=1S/C18H22O4/c1-5-19-13(3)21-17-9-7-16-12-18(10-8-15(16)11-17)22-14(4)20-6-2/h5,7-14H,1,6H2,2-4H3. The van der Waals surface area contributed by atoms with E-state index in [1.807, 2.05) is 57.2 Å². The van der Waals surface area contributed by atoms with Crippen LogP contribution in [-0.2, 0) is 9.47 Å². The lowest BCUT2D eigenvalue weighted by Gasteiger charge is -2.16. The summed E-state index contributed by atoms with van der Waals surface area (Å²) in [4.78, 5) is 0. The molecule has 0 aliphatic rings. The third-order valence-corrected chi connectivity index (χ3v) is 3.08. The summed E-state index contributed by atoms with van der Waals surface area (Å²) in [5.41, 5.74) is 0. The number of hydrogen-bond acceptors (Lipinski definition) is 4. The fourth-order valence-corrected chi connectivity index (χ4v) is 2.16. The molecule has 0 saturated carbocycles. The molecule has 0 aliphatic heterocycles. The van der Waals surface area contributed by atoms with Crippen LogP contribution < -0.4 is 9.47 Å². The van der Waals surface area contributed by atoms with E-state index >= 15 is 0 Å². The van der Waals surface area contributed by atoms with Crippen LogP contribution in [0.15, 0.2) is 49.2 Å². The van der Waals surface area contributed by atoms with Gasteiger partial charge in [0, 0.05) is 13.5 Å². The van der Waals surface area contributed by atoms with Gasteiger partial charge in [0.25, 0.3) is 0 Å². The van der Waals surface area contributed by atoms with E-state index in [0.29, 0.717) is 6.61 Å². The van der Waals surface area contributed by atoms with Gasteiger partial charge in [-0.15, -0.1) is 0 Å². The van der Waals surface area contributed by atoms with Crippen LogP contribution in [0.4, 0.5) is 0 Å². The van der Waals surface area contributed by atoms with Crippen LogP contribution in [0.3, 0.4) is 0 Å². The number of fused-ring (bicyclic) bond motifs is 1. The van der Waals surface area contributed by atoms with Crippen molar-refractivity contribution < 1.29 is 18.9 Å². The van der Waals surface area contributed by atoms with E-state index in [0.717, 1.165) is 22.3 Å². The molecule has 0 amide bonds. The van der Waals surface area contributed by atoms with E-state index in [4.69, 9.17) is 18.9 Å². The second-order valence-electron chi connectivity index (χ2n) is 4.80. The van der Waals surface area contributed by atoms with Gasteiger partial charge in [-0.2, -0.15) is 0 Å². The van der Waals surface area contributed by atoms with Crippen molar-refractivity contribution in [1.29, 1.82) is 0 Å². The van der Waals surface area contributed by atoms with E-state index in [1.165, 1.54) is 6.26 Å². The summed E-state index contributed by atoms with van der Waals surface area (Å²) in [6, 6.07) is 11.8. The van der Waals surface area contributed by atoms with E-state index in [-0.39, 0.29) is 12.6 Å². The van der Waals surface area contributed by atoms with Crippen molar-refractivity contribution in [3.63, 3.8) is 0 Å². The van der Waals surface area contributed by atoms with Gasteiger partial charge in [-0.05, 0) is 48.9 Å². The minimum absolute atomic E-state index is 0.262. The highest BCUT2D eigenvalue weighted by Crippen LogP contribution is 2.26. The summed E-state index contributed by atoms with van der Waals surface area (Å²) >= 11 is 0. The van der Waals surface area contributed by atoms with Gasteiger partial charge in [0.05, 0.1) is 6.26 Å². The molecule has 2 aromatic rings. The Balaban J connectivity index is 2.12. The highest BCUT2D eigenvalue weighted by molar-refractivity contribution is 5.85. The molecular formula is C18H22O4. The van der Waals surface area contributed by atoms with Gasteiger partial charge >= 0.3 is 0 Å². The normalized spacial score (nSPS) is 13.4. The zero-order chi connectivity index (χ0) is 15.9. The highest BCUT2D eigenvalue weighted by atomic mass is 16.7. The topological polar surface area (TPSA) is 36.9 Å². The van der Waals surface area contributed by atoms with Crippen LogP contribution in [0.5, 0.6) is 11.5 Å². The highest BCUT2D eigenvalue weighted by Gasteiger charge is 2.06. The lowest BCUT2D eigenvalue weighted by Crippen LogP contribution is -2.15. The smallest absolute Gasteiger partial charge is 0.237 e. The van der Waals surface area contributed by atoms with Gasteiger partial charge in [-0.1, -0.05) is 18.7 Å². The first-order chi connectivity index (χ1) is 10.6. The van der Waals surface area contributed by atoms with Crippen molar-refractivity contribution >= 4 is 10.8 Å². The fourth-order valence-electron chi connectivity index (χ4n) is 2.16. The predicted octanol–water partition coefficient (Wildman–Crippen LogP) is 4.49. The van der Waals surface area contributed by atoms with Crippen molar-refractivity contribution in [3.8, 4) is 11.5 Å². The Hall–Kier alpha value is -2.20. The Morgan fingerprint density at radius 3 is 2.00 bits per heavy atom. The maximum atomic E-state index is 5.71. The van der Waals surface area contributed by atoms with Gasteiger partial charge in [0.1, 0.15) is 11.5 Å². The number of rotatable bonds is 8. The average Bonchev–Trinajstić information content (AvgIpc) is 2.48. The summed E-state index contributed by atoms with van der Waals surface area (Å²) in [5, 5.41) is 2.14. The third kappa shape index (κ3) is 4.40. The summed E-state index contributed by atoms with van der Waals surface area (Å²) < 4.78 is 21.9. The van der Waals surface area contributed by atoms with Crippen LogP contribution in [0.1, 0.15) is 20.8 Å². The summed E-state index contributed by atoms with van der Waals surface area (Å²) in [7, 11) is 0. The average molecular weight is 302 g/mol. The SMILES string of the molecule is C=COC(C)Oc1ccc2cc(OC(C)OCC)ccc2c1. The van der Waals surface area contributed by atoms with Crippen molar-refractivity contribution in [3.05, 3.63) is 49.2 Å². The lowest BCUT2D eigenvalue weighted by atomic mass is 10.1. The molecule has 0 radical (unpaired) electrons. The van der Waals surface area contributed by atoms with Gasteiger partial charge in [-0.25, -0.2) is 0 Å². The van der Waals surface area contributed by atoms with Crippen molar-refractivity contribution in [1.82, 2.24) is 0 Å². The van der Waals surface area contributed by atoms with E-state index in [2.05, 4.69) is 6.58 Å².